The third kappa shape index (κ3) is 4.93. The van der Waals surface area contributed by atoms with E-state index in [0.717, 1.165) is 0 Å². The molecule has 5 heteroatoms. The van der Waals surface area contributed by atoms with Gasteiger partial charge in [0.05, 0.1) is 6.61 Å². The van der Waals surface area contributed by atoms with Gasteiger partial charge in [-0.25, -0.2) is 0 Å². The van der Waals surface area contributed by atoms with Gasteiger partial charge in [0.2, 0.25) is 0 Å². The summed E-state index contributed by atoms with van der Waals surface area (Å²) in [5.74, 6) is -0.415. The van der Waals surface area contributed by atoms with Crippen molar-refractivity contribution in [3.63, 3.8) is 0 Å². The van der Waals surface area contributed by atoms with E-state index in [4.69, 9.17) is 4.74 Å². The number of benzene rings is 2. The fourth-order valence-corrected chi connectivity index (χ4v) is 2.13. The van der Waals surface area contributed by atoms with Crippen LogP contribution in [0.3, 0.4) is 0 Å². The van der Waals surface area contributed by atoms with Gasteiger partial charge in [-0.1, -0.05) is 24.3 Å². The minimum atomic E-state index is -0.212. The van der Waals surface area contributed by atoms with Gasteiger partial charge in [0.1, 0.15) is 0 Å². The summed E-state index contributed by atoms with van der Waals surface area (Å²) in [7, 11) is 1.59. The molecule has 2 aromatic rings. The molecule has 23 heavy (non-hydrogen) atoms. The van der Waals surface area contributed by atoms with Crippen LogP contribution in [0.5, 0.6) is 0 Å². The summed E-state index contributed by atoms with van der Waals surface area (Å²) in [6.07, 6.45) is 0. The van der Waals surface area contributed by atoms with Gasteiger partial charge in [-0.3, -0.25) is 9.59 Å². The standard InChI is InChI=1S/C18H20N2O3/c1-13(12-23-2)19-18(22)15-9-6-10-16(11-15)20-17(21)14-7-4-3-5-8-14/h3-11,13H,12H2,1-2H3,(H,19,22)(H,20,21). The molecule has 2 rings (SSSR count). The monoisotopic (exact) mass is 312 g/mol. The van der Waals surface area contributed by atoms with Gasteiger partial charge in [0.15, 0.2) is 0 Å². The quantitative estimate of drug-likeness (QED) is 0.862. The summed E-state index contributed by atoms with van der Waals surface area (Å²) < 4.78 is 4.99. The maximum absolute atomic E-state index is 12.2. The van der Waals surface area contributed by atoms with E-state index in [9.17, 15) is 9.59 Å². The van der Waals surface area contributed by atoms with Gasteiger partial charge in [-0.2, -0.15) is 0 Å². The van der Waals surface area contributed by atoms with Gasteiger partial charge in [0, 0.05) is 30.0 Å². The summed E-state index contributed by atoms with van der Waals surface area (Å²) >= 11 is 0. The van der Waals surface area contributed by atoms with Crippen molar-refractivity contribution in [2.75, 3.05) is 19.0 Å². The number of rotatable bonds is 6. The molecule has 0 aliphatic heterocycles. The van der Waals surface area contributed by atoms with Crippen LogP contribution in [0.15, 0.2) is 54.6 Å². The molecule has 120 valence electrons. The van der Waals surface area contributed by atoms with E-state index in [1.807, 2.05) is 13.0 Å². The fraction of sp³-hybridized carbons (Fsp3) is 0.222. The molecule has 0 bridgehead atoms. The summed E-state index contributed by atoms with van der Waals surface area (Å²) in [6, 6.07) is 15.7. The van der Waals surface area contributed by atoms with Gasteiger partial charge < -0.3 is 15.4 Å². The Balaban J connectivity index is 2.05. The van der Waals surface area contributed by atoms with Crippen molar-refractivity contribution in [3.05, 3.63) is 65.7 Å². The van der Waals surface area contributed by atoms with Gasteiger partial charge in [0.25, 0.3) is 11.8 Å². The average molecular weight is 312 g/mol. The Bertz CT molecular complexity index is 671. The Morgan fingerprint density at radius 3 is 2.39 bits per heavy atom. The van der Waals surface area contributed by atoms with Crippen LogP contribution in [0, 0.1) is 0 Å². The van der Waals surface area contributed by atoms with E-state index in [0.29, 0.717) is 23.4 Å². The number of ether oxygens (including phenoxy) is 1. The normalized spacial score (nSPS) is 11.6. The van der Waals surface area contributed by atoms with E-state index in [1.165, 1.54) is 0 Å². The molecule has 0 aliphatic carbocycles. The molecule has 1 unspecified atom stereocenters. The van der Waals surface area contributed by atoms with Gasteiger partial charge in [-0.05, 0) is 37.3 Å². The topological polar surface area (TPSA) is 67.4 Å². The second-order valence-electron chi connectivity index (χ2n) is 5.23. The average Bonchev–Trinajstić information content (AvgIpc) is 2.56. The zero-order valence-corrected chi connectivity index (χ0v) is 13.2. The maximum atomic E-state index is 12.2. The molecule has 0 radical (unpaired) electrons. The number of carbonyl (C=O) groups is 2. The van der Waals surface area contributed by atoms with Crippen LogP contribution >= 0.6 is 0 Å². The highest BCUT2D eigenvalue weighted by molar-refractivity contribution is 6.05. The minimum Gasteiger partial charge on any atom is -0.383 e. The number of hydrogen-bond acceptors (Lipinski definition) is 3. The van der Waals surface area contributed by atoms with Crippen molar-refractivity contribution < 1.29 is 14.3 Å². The largest absolute Gasteiger partial charge is 0.383 e. The molecule has 2 amide bonds. The van der Waals surface area contributed by atoms with E-state index < -0.39 is 0 Å². The van der Waals surface area contributed by atoms with Crippen LogP contribution in [0.4, 0.5) is 5.69 Å². The molecule has 0 saturated heterocycles. The van der Waals surface area contributed by atoms with Crippen LogP contribution in [0.1, 0.15) is 27.6 Å². The van der Waals surface area contributed by atoms with E-state index in [1.54, 1.807) is 55.6 Å². The van der Waals surface area contributed by atoms with Crippen molar-refractivity contribution in [2.45, 2.75) is 13.0 Å². The first-order valence-electron chi connectivity index (χ1n) is 7.36. The third-order valence-electron chi connectivity index (χ3n) is 3.21. The van der Waals surface area contributed by atoms with E-state index in [-0.39, 0.29) is 17.9 Å². The number of nitrogens with one attached hydrogen (secondary N) is 2. The van der Waals surface area contributed by atoms with Gasteiger partial charge in [-0.15, -0.1) is 0 Å². The van der Waals surface area contributed by atoms with Crippen LogP contribution < -0.4 is 10.6 Å². The molecule has 0 aliphatic rings. The number of hydrogen-bond donors (Lipinski definition) is 2. The zero-order valence-electron chi connectivity index (χ0n) is 13.2. The molecular weight excluding hydrogens is 292 g/mol. The van der Waals surface area contributed by atoms with Crippen LogP contribution in [0.2, 0.25) is 0 Å². The summed E-state index contributed by atoms with van der Waals surface area (Å²) in [5.41, 5.74) is 1.63. The fourth-order valence-electron chi connectivity index (χ4n) is 2.13. The first-order valence-corrected chi connectivity index (χ1v) is 7.36. The van der Waals surface area contributed by atoms with Crippen LogP contribution in [-0.2, 0) is 4.74 Å². The molecule has 2 aromatic carbocycles. The lowest BCUT2D eigenvalue weighted by atomic mass is 10.1. The highest BCUT2D eigenvalue weighted by Gasteiger charge is 2.11. The Morgan fingerprint density at radius 2 is 1.70 bits per heavy atom. The lowest BCUT2D eigenvalue weighted by Gasteiger charge is -2.13. The second-order valence-corrected chi connectivity index (χ2v) is 5.23. The molecule has 0 aromatic heterocycles. The number of amides is 2. The minimum absolute atomic E-state index is 0.0879. The summed E-state index contributed by atoms with van der Waals surface area (Å²) in [5, 5.41) is 5.62. The molecule has 5 nitrogen and oxygen atoms in total. The molecule has 1 atom stereocenters. The highest BCUT2D eigenvalue weighted by atomic mass is 16.5. The number of methoxy groups -OCH3 is 1. The lowest BCUT2D eigenvalue weighted by molar-refractivity contribution is 0.0905. The molecule has 0 spiro atoms. The van der Waals surface area contributed by atoms with E-state index in [2.05, 4.69) is 10.6 Å². The summed E-state index contributed by atoms with van der Waals surface area (Å²) in [6.45, 7) is 2.30. The third-order valence-corrected chi connectivity index (χ3v) is 3.21. The SMILES string of the molecule is COCC(C)NC(=O)c1cccc(NC(=O)c2ccccc2)c1. The van der Waals surface area contributed by atoms with Crippen molar-refractivity contribution >= 4 is 17.5 Å². The predicted molar refractivity (Wildman–Crippen MR) is 89.6 cm³/mol. The van der Waals surface area contributed by atoms with Crippen molar-refractivity contribution in [3.8, 4) is 0 Å². The van der Waals surface area contributed by atoms with Gasteiger partial charge >= 0.3 is 0 Å². The molecular formula is C18H20N2O3. The zero-order chi connectivity index (χ0) is 16.7. The van der Waals surface area contributed by atoms with Crippen molar-refractivity contribution in [2.24, 2.45) is 0 Å². The lowest BCUT2D eigenvalue weighted by Crippen LogP contribution is -2.35. The Hall–Kier alpha value is -2.66. The Kier molecular flexibility index (Phi) is 5.88. The number of anilines is 1. The Labute approximate surface area is 135 Å². The maximum Gasteiger partial charge on any atom is 0.255 e. The predicted octanol–water partition coefficient (Wildman–Crippen LogP) is 2.70. The first-order chi connectivity index (χ1) is 11.1. The smallest absolute Gasteiger partial charge is 0.255 e. The molecule has 0 heterocycles. The highest BCUT2D eigenvalue weighted by Crippen LogP contribution is 2.12. The molecule has 0 fully saturated rings. The molecule has 2 N–H and O–H groups in total. The first kappa shape index (κ1) is 16.7. The van der Waals surface area contributed by atoms with Crippen LogP contribution in [-0.4, -0.2) is 31.6 Å². The van der Waals surface area contributed by atoms with Crippen LogP contribution in [0.25, 0.3) is 0 Å². The summed E-state index contributed by atoms with van der Waals surface area (Å²) in [4.78, 5) is 24.3. The van der Waals surface area contributed by atoms with Crippen molar-refractivity contribution in [1.29, 1.82) is 0 Å². The van der Waals surface area contributed by atoms with E-state index >= 15 is 0 Å². The number of carbonyl (C=O) groups excluding carboxylic acids is 2. The van der Waals surface area contributed by atoms with Crippen molar-refractivity contribution in [1.82, 2.24) is 5.32 Å². The Morgan fingerprint density at radius 1 is 1.00 bits per heavy atom. The second kappa shape index (κ2) is 8.10. The molecule has 0 saturated carbocycles.